The molecule has 2 amide bonds. The number of carbonyl (C=O) groups excluding carboxylic acids is 2. The number of hydrogen-bond acceptors (Lipinski definition) is 7. The summed E-state index contributed by atoms with van der Waals surface area (Å²) in [7, 11) is 6.30. The van der Waals surface area contributed by atoms with E-state index in [2.05, 4.69) is 24.1 Å². The summed E-state index contributed by atoms with van der Waals surface area (Å²) in [4.78, 5) is 43.1. The van der Waals surface area contributed by atoms with E-state index in [4.69, 9.17) is 0 Å². The fourth-order valence-corrected chi connectivity index (χ4v) is 5.19. The lowest BCUT2D eigenvalue weighted by Gasteiger charge is -2.23. The number of aromatic hydroxyl groups is 1. The lowest BCUT2D eigenvalue weighted by atomic mass is 10.1. The highest BCUT2D eigenvalue weighted by Gasteiger charge is 2.26. The minimum absolute atomic E-state index is 0.0267. The Morgan fingerprint density at radius 3 is 1.86 bits per heavy atom. The van der Waals surface area contributed by atoms with Crippen LogP contribution in [0.1, 0.15) is 117 Å². The van der Waals surface area contributed by atoms with Crippen molar-refractivity contribution >= 4 is 23.2 Å². The Hall–Kier alpha value is -3.69. The molecule has 10 heteroatoms. The van der Waals surface area contributed by atoms with Gasteiger partial charge in [-0.2, -0.15) is 9.79 Å². The first-order valence-corrected chi connectivity index (χ1v) is 16.2. The predicted octanol–water partition coefficient (Wildman–Crippen LogP) is 7.34. The van der Waals surface area contributed by atoms with Crippen molar-refractivity contribution in [2.24, 2.45) is 10.2 Å². The van der Waals surface area contributed by atoms with Gasteiger partial charge in [0.05, 0.1) is 5.69 Å². The number of carbonyl (C=O) groups is 2. The van der Waals surface area contributed by atoms with Gasteiger partial charge in [-0.3, -0.25) is 14.4 Å². The lowest BCUT2D eigenvalue weighted by molar-refractivity contribution is 0.0748. The second-order valence-electron chi connectivity index (χ2n) is 11.9. The molecule has 0 saturated carbocycles. The van der Waals surface area contributed by atoms with Crippen LogP contribution in [0.5, 0.6) is 5.88 Å². The van der Waals surface area contributed by atoms with Crippen LogP contribution in [0.3, 0.4) is 0 Å². The second kappa shape index (κ2) is 18.9. The van der Waals surface area contributed by atoms with Crippen molar-refractivity contribution in [2.45, 2.75) is 97.8 Å². The third-order valence-electron chi connectivity index (χ3n) is 7.78. The maximum absolute atomic E-state index is 13.7. The van der Waals surface area contributed by atoms with Crippen molar-refractivity contribution in [1.29, 1.82) is 0 Å². The van der Waals surface area contributed by atoms with Gasteiger partial charge in [0.1, 0.15) is 5.56 Å². The molecule has 1 N–H and O–H groups in total. The molecule has 2 rings (SSSR count). The van der Waals surface area contributed by atoms with Crippen molar-refractivity contribution < 1.29 is 14.7 Å². The van der Waals surface area contributed by atoms with E-state index in [0.29, 0.717) is 11.3 Å². The summed E-state index contributed by atoms with van der Waals surface area (Å²) < 4.78 is 0.987. The molecule has 0 aliphatic rings. The van der Waals surface area contributed by atoms with Gasteiger partial charge in [-0.15, -0.1) is 5.11 Å². The number of rotatable bonds is 19. The standard InChI is InChI=1S/C34H54N6O4/c1-8-10-12-14-16-18-23-39(24-19-17-15-13-11-9-2)31(41)27-21-20-22-28(25-27)35-36-30-26(3)29(32(42)37(4)5)33(43)40(34(30)44)38(6)7/h20-22,25,43H,8-19,23-24H2,1-7H3. The first-order chi connectivity index (χ1) is 21.0. The number of benzene rings is 1. The average molecular weight is 611 g/mol. The summed E-state index contributed by atoms with van der Waals surface area (Å²) in [5.74, 6) is -0.951. The van der Waals surface area contributed by atoms with Crippen molar-refractivity contribution in [3.05, 3.63) is 51.3 Å². The zero-order valence-electron chi connectivity index (χ0n) is 28.1. The van der Waals surface area contributed by atoms with Crippen LogP contribution in [-0.2, 0) is 0 Å². The van der Waals surface area contributed by atoms with Crippen LogP contribution in [-0.4, -0.2) is 72.7 Å². The maximum Gasteiger partial charge on any atom is 0.300 e. The van der Waals surface area contributed by atoms with Gasteiger partial charge in [0.25, 0.3) is 17.4 Å². The molecule has 10 nitrogen and oxygen atoms in total. The van der Waals surface area contributed by atoms with Gasteiger partial charge in [-0.05, 0) is 38.0 Å². The molecule has 1 heterocycles. The summed E-state index contributed by atoms with van der Waals surface area (Å²) in [6, 6.07) is 6.96. The van der Waals surface area contributed by atoms with E-state index in [1.807, 2.05) is 4.90 Å². The molecule has 1 aromatic carbocycles. The smallest absolute Gasteiger partial charge is 0.300 e. The summed E-state index contributed by atoms with van der Waals surface area (Å²) in [6.07, 6.45) is 14.0. The Kier molecular flexibility index (Phi) is 15.6. The van der Waals surface area contributed by atoms with E-state index in [9.17, 15) is 19.5 Å². The van der Waals surface area contributed by atoms with Gasteiger partial charge < -0.3 is 19.9 Å². The molecule has 0 unspecified atom stereocenters. The number of pyridine rings is 1. The molecule has 0 saturated heterocycles. The monoisotopic (exact) mass is 610 g/mol. The number of hydrogen-bond donors (Lipinski definition) is 1. The minimum atomic E-state index is -0.611. The molecule has 0 radical (unpaired) electrons. The van der Waals surface area contributed by atoms with Crippen LogP contribution in [0.25, 0.3) is 0 Å². The highest BCUT2D eigenvalue weighted by molar-refractivity contribution is 5.98. The van der Waals surface area contributed by atoms with Crippen LogP contribution in [0.2, 0.25) is 0 Å². The normalized spacial score (nSPS) is 11.2. The SMILES string of the molecule is CCCCCCCCN(CCCCCCCC)C(=O)c1cccc(N=Nc2c(C)c(C(=O)N(C)C)c(O)n(N(C)C)c2=O)c1. The van der Waals surface area contributed by atoms with Crippen LogP contribution in [0.4, 0.5) is 11.4 Å². The Balaban J connectivity index is 2.32. The van der Waals surface area contributed by atoms with Gasteiger partial charge in [0.15, 0.2) is 5.69 Å². The topological polar surface area (TPSA) is 111 Å². The van der Waals surface area contributed by atoms with E-state index in [1.165, 1.54) is 61.3 Å². The molecule has 0 aliphatic carbocycles. The van der Waals surface area contributed by atoms with E-state index in [0.717, 1.165) is 43.4 Å². The third-order valence-corrected chi connectivity index (χ3v) is 7.78. The quantitative estimate of drug-likeness (QED) is 0.132. The molecule has 1 aromatic heterocycles. The second-order valence-corrected chi connectivity index (χ2v) is 11.9. The van der Waals surface area contributed by atoms with Crippen LogP contribution >= 0.6 is 0 Å². The summed E-state index contributed by atoms with van der Waals surface area (Å²) in [6.45, 7) is 7.44. The highest BCUT2D eigenvalue weighted by Crippen LogP contribution is 2.28. The van der Waals surface area contributed by atoms with Crippen molar-refractivity contribution in [3.8, 4) is 5.88 Å². The molecule has 0 atom stereocenters. The molecule has 2 aromatic rings. The molecule has 0 bridgehead atoms. The zero-order valence-corrected chi connectivity index (χ0v) is 28.1. The summed E-state index contributed by atoms with van der Waals surface area (Å²) in [5.41, 5.74) is 0.464. The van der Waals surface area contributed by atoms with Gasteiger partial charge in [0, 0.05) is 52.4 Å². The number of azo groups is 1. The molecule has 0 fully saturated rings. The van der Waals surface area contributed by atoms with Gasteiger partial charge in [0.2, 0.25) is 5.88 Å². The van der Waals surface area contributed by atoms with E-state index >= 15 is 0 Å². The largest absolute Gasteiger partial charge is 0.493 e. The average Bonchev–Trinajstić information content (AvgIpc) is 2.98. The number of amides is 2. The third kappa shape index (κ3) is 10.5. The van der Waals surface area contributed by atoms with Crippen molar-refractivity contribution in [1.82, 2.24) is 14.5 Å². The lowest BCUT2D eigenvalue weighted by Crippen LogP contribution is -2.38. The van der Waals surface area contributed by atoms with Crippen molar-refractivity contribution in [2.75, 3.05) is 46.3 Å². The Morgan fingerprint density at radius 1 is 0.795 bits per heavy atom. The Morgan fingerprint density at radius 2 is 1.34 bits per heavy atom. The first-order valence-electron chi connectivity index (χ1n) is 16.2. The van der Waals surface area contributed by atoms with E-state index in [1.54, 1.807) is 59.4 Å². The fourth-order valence-electron chi connectivity index (χ4n) is 5.19. The predicted molar refractivity (Wildman–Crippen MR) is 178 cm³/mol. The first kappa shape index (κ1) is 36.5. The molecular weight excluding hydrogens is 556 g/mol. The van der Waals surface area contributed by atoms with Crippen LogP contribution in [0.15, 0.2) is 39.3 Å². The zero-order chi connectivity index (χ0) is 32.6. The van der Waals surface area contributed by atoms with Crippen LogP contribution in [0, 0.1) is 6.92 Å². The summed E-state index contributed by atoms with van der Waals surface area (Å²) >= 11 is 0. The maximum atomic E-state index is 13.7. The molecule has 0 aliphatic heterocycles. The highest BCUT2D eigenvalue weighted by atomic mass is 16.3. The summed E-state index contributed by atoms with van der Waals surface area (Å²) in [5, 5.41) is 20.7. The minimum Gasteiger partial charge on any atom is -0.493 e. The molecule has 244 valence electrons. The van der Waals surface area contributed by atoms with Gasteiger partial charge >= 0.3 is 0 Å². The van der Waals surface area contributed by atoms with E-state index in [-0.39, 0.29) is 22.7 Å². The molecule has 44 heavy (non-hydrogen) atoms. The Bertz CT molecular complexity index is 1290. The van der Waals surface area contributed by atoms with E-state index < -0.39 is 17.3 Å². The number of unbranched alkanes of at least 4 members (excludes halogenated alkanes) is 10. The fraction of sp³-hybridized carbons (Fsp3) is 0.618. The number of aromatic nitrogens is 1. The Labute approximate surface area is 263 Å². The molecule has 0 spiro atoms. The van der Waals surface area contributed by atoms with Crippen LogP contribution < -0.4 is 10.6 Å². The number of nitrogens with zero attached hydrogens (tertiary/aromatic N) is 6. The van der Waals surface area contributed by atoms with Crippen molar-refractivity contribution in [3.63, 3.8) is 0 Å². The van der Waals surface area contributed by atoms with Gasteiger partial charge in [-0.25, -0.2) is 0 Å². The molecular formula is C34H54N6O4. The van der Waals surface area contributed by atoms with Gasteiger partial charge in [-0.1, -0.05) is 84.1 Å².